The van der Waals surface area contributed by atoms with Gasteiger partial charge in [-0.3, -0.25) is 0 Å². The standard InChI is InChI=1S/C13H21FN2O/c1-15-7-4-8-16(2)10-11-5-6-12(17-3)9-13(11)14/h5-6,9,15H,4,7-8,10H2,1-3H3. The van der Waals surface area contributed by atoms with Crippen LogP contribution in [0.1, 0.15) is 12.0 Å². The molecule has 17 heavy (non-hydrogen) atoms. The zero-order valence-electron chi connectivity index (χ0n) is 10.8. The van der Waals surface area contributed by atoms with Gasteiger partial charge >= 0.3 is 0 Å². The lowest BCUT2D eigenvalue weighted by Crippen LogP contribution is -2.22. The van der Waals surface area contributed by atoms with Crippen molar-refractivity contribution in [1.29, 1.82) is 0 Å². The molecule has 1 N–H and O–H groups in total. The average molecular weight is 240 g/mol. The Morgan fingerprint density at radius 2 is 2.18 bits per heavy atom. The maximum atomic E-state index is 13.7. The zero-order valence-corrected chi connectivity index (χ0v) is 10.8. The van der Waals surface area contributed by atoms with Crippen molar-refractivity contribution in [2.45, 2.75) is 13.0 Å². The van der Waals surface area contributed by atoms with Crippen LogP contribution in [0.25, 0.3) is 0 Å². The summed E-state index contributed by atoms with van der Waals surface area (Å²) in [6.45, 7) is 2.56. The molecule has 0 aliphatic heterocycles. The van der Waals surface area contributed by atoms with Gasteiger partial charge in [0.2, 0.25) is 0 Å². The molecule has 96 valence electrons. The topological polar surface area (TPSA) is 24.5 Å². The number of nitrogens with one attached hydrogen (secondary N) is 1. The summed E-state index contributed by atoms with van der Waals surface area (Å²) >= 11 is 0. The molecule has 0 saturated heterocycles. The van der Waals surface area contributed by atoms with E-state index in [4.69, 9.17) is 4.74 Å². The number of hydrogen-bond donors (Lipinski definition) is 1. The van der Waals surface area contributed by atoms with Crippen LogP contribution < -0.4 is 10.1 Å². The van der Waals surface area contributed by atoms with E-state index < -0.39 is 0 Å². The molecule has 1 aromatic carbocycles. The molecular formula is C13H21FN2O. The Hall–Kier alpha value is -1.13. The first-order chi connectivity index (χ1) is 8.17. The molecule has 0 saturated carbocycles. The summed E-state index contributed by atoms with van der Waals surface area (Å²) in [6.07, 6.45) is 1.06. The fourth-order valence-electron chi connectivity index (χ4n) is 1.68. The van der Waals surface area contributed by atoms with Crippen molar-refractivity contribution in [3.05, 3.63) is 29.6 Å². The van der Waals surface area contributed by atoms with Crippen LogP contribution in [0.5, 0.6) is 5.75 Å². The summed E-state index contributed by atoms with van der Waals surface area (Å²) in [5.74, 6) is 0.355. The van der Waals surface area contributed by atoms with Crippen LogP contribution in [-0.2, 0) is 6.54 Å². The molecule has 0 radical (unpaired) electrons. The molecule has 0 heterocycles. The molecule has 1 aromatic rings. The van der Waals surface area contributed by atoms with Gasteiger partial charge in [-0.2, -0.15) is 0 Å². The fourth-order valence-corrected chi connectivity index (χ4v) is 1.68. The Morgan fingerprint density at radius 3 is 2.76 bits per heavy atom. The molecule has 3 nitrogen and oxygen atoms in total. The van der Waals surface area contributed by atoms with Gasteiger partial charge in [0.15, 0.2) is 0 Å². The van der Waals surface area contributed by atoms with E-state index in [2.05, 4.69) is 10.2 Å². The van der Waals surface area contributed by atoms with Crippen molar-refractivity contribution >= 4 is 0 Å². The van der Waals surface area contributed by atoms with E-state index in [1.165, 1.54) is 13.2 Å². The molecule has 4 heteroatoms. The Bertz CT molecular complexity index is 344. The van der Waals surface area contributed by atoms with E-state index in [1.807, 2.05) is 14.1 Å². The first kappa shape index (κ1) is 13.9. The van der Waals surface area contributed by atoms with Gasteiger partial charge in [-0.1, -0.05) is 6.07 Å². The summed E-state index contributed by atoms with van der Waals surface area (Å²) in [6, 6.07) is 5.00. The number of methoxy groups -OCH3 is 1. The molecule has 1 rings (SSSR count). The minimum absolute atomic E-state index is 0.204. The molecule has 0 bridgehead atoms. The summed E-state index contributed by atoms with van der Waals surface area (Å²) in [5.41, 5.74) is 0.706. The van der Waals surface area contributed by atoms with Gasteiger partial charge in [-0.15, -0.1) is 0 Å². The highest BCUT2D eigenvalue weighted by Crippen LogP contribution is 2.17. The SMILES string of the molecule is CNCCCN(C)Cc1ccc(OC)cc1F. The molecule has 0 aromatic heterocycles. The maximum absolute atomic E-state index is 13.7. The minimum atomic E-state index is -0.204. The molecule has 0 spiro atoms. The Balaban J connectivity index is 2.50. The number of hydrogen-bond acceptors (Lipinski definition) is 3. The van der Waals surface area contributed by atoms with E-state index in [1.54, 1.807) is 12.1 Å². The maximum Gasteiger partial charge on any atom is 0.131 e. The second-order valence-corrected chi connectivity index (χ2v) is 4.15. The highest BCUT2D eigenvalue weighted by Gasteiger charge is 2.06. The second-order valence-electron chi connectivity index (χ2n) is 4.15. The van der Waals surface area contributed by atoms with Gasteiger partial charge in [0.25, 0.3) is 0 Å². The van der Waals surface area contributed by atoms with Crippen molar-refractivity contribution in [3.63, 3.8) is 0 Å². The predicted octanol–water partition coefficient (Wildman–Crippen LogP) is 1.88. The average Bonchev–Trinajstić information content (AvgIpc) is 2.32. The zero-order chi connectivity index (χ0) is 12.7. The molecular weight excluding hydrogens is 219 g/mol. The highest BCUT2D eigenvalue weighted by atomic mass is 19.1. The Labute approximate surface area is 103 Å². The third-order valence-corrected chi connectivity index (χ3v) is 2.67. The Kier molecular flexibility index (Phi) is 5.94. The van der Waals surface area contributed by atoms with Crippen LogP contribution in [0, 0.1) is 5.82 Å². The summed E-state index contributed by atoms with van der Waals surface area (Å²) < 4.78 is 18.6. The predicted molar refractivity (Wildman–Crippen MR) is 67.8 cm³/mol. The van der Waals surface area contributed by atoms with Gasteiger partial charge in [-0.05, 0) is 39.7 Å². The lowest BCUT2D eigenvalue weighted by molar-refractivity contribution is 0.315. The first-order valence-electron chi connectivity index (χ1n) is 5.83. The lowest BCUT2D eigenvalue weighted by atomic mass is 10.2. The van der Waals surface area contributed by atoms with Crippen LogP contribution in [0.4, 0.5) is 4.39 Å². The smallest absolute Gasteiger partial charge is 0.131 e. The number of nitrogens with zero attached hydrogens (tertiary/aromatic N) is 1. The van der Waals surface area contributed by atoms with Gasteiger partial charge < -0.3 is 15.0 Å². The molecule has 0 fully saturated rings. The van der Waals surface area contributed by atoms with Crippen LogP contribution in [0.2, 0.25) is 0 Å². The number of halogens is 1. The lowest BCUT2D eigenvalue weighted by Gasteiger charge is -2.17. The molecule has 0 aliphatic carbocycles. The van der Waals surface area contributed by atoms with Crippen molar-refractivity contribution in [3.8, 4) is 5.75 Å². The number of rotatable bonds is 7. The summed E-state index contributed by atoms with van der Waals surface area (Å²) in [5, 5.41) is 3.10. The van der Waals surface area contributed by atoms with Crippen molar-refractivity contribution in [2.75, 3.05) is 34.3 Å². The van der Waals surface area contributed by atoms with E-state index in [9.17, 15) is 4.39 Å². The first-order valence-corrected chi connectivity index (χ1v) is 5.83. The van der Waals surface area contributed by atoms with Crippen molar-refractivity contribution in [1.82, 2.24) is 10.2 Å². The van der Waals surface area contributed by atoms with E-state index in [0.717, 1.165) is 19.5 Å². The van der Waals surface area contributed by atoms with Crippen LogP contribution in [0.15, 0.2) is 18.2 Å². The second kappa shape index (κ2) is 7.25. The number of ether oxygens (including phenoxy) is 1. The van der Waals surface area contributed by atoms with Crippen molar-refractivity contribution < 1.29 is 9.13 Å². The summed E-state index contributed by atoms with van der Waals surface area (Å²) in [7, 11) is 5.47. The monoisotopic (exact) mass is 240 g/mol. The third kappa shape index (κ3) is 4.71. The van der Waals surface area contributed by atoms with E-state index in [-0.39, 0.29) is 5.82 Å². The van der Waals surface area contributed by atoms with E-state index >= 15 is 0 Å². The normalized spacial score (nSPS) is 10.9. The van der Waals surface area contributed by atoms with Crippen LogP contribution >= 0.6 is 0 Å². The summed E-state index contributed by atoms with van der Waals surface area (Å²) in [4.78, 5) is 2.11. The largest absolute Gasteiger partial charge is 0.497 e. The fraction of sp³-hybridized carbons (Fsp3) is 0.538. The number of benzene rings is 1. The van der Waals surface area contributed by atoms with Crippen LogP contribution in [0.3, 0.4) is 0 Å². The molecule has 0 aliphatic rings. The van der Waals surface area contributed by atoms with Gasteiger partial charge in [-0.25, -0.2) is 4.39 Å². The molecule has 0 atom stereocenters. The quantitative estimate of drug-likeness (QED) is 0.736. The molecule has 0 unspecified atom stereocenters. The van der Waals surface area contributed by atoms with Gasteiger partial charge in [0.05, 0.1) is 7.11 Å². The molecule has 0 amide bonds. The van der Waals surface area contributed by atoms with Gasteiger partial charge in [0, 0.05) is 18.2 Å². The third-order valence-electron chi connectivity index (χ3n) is 2.67. The Morgan fingerprint density at radius 1 is 1.41 bits per heavy atom. The highest BCUT2D eigenvalue weighted by molar-refractivity contribution is 5.28. The van der Waals surface area contributed by atoms with Gasteiger partial charge in [0.1, 0.15) is 11.6 Å². The van der Waals surface area contributed by atoms with Crippen molar-refractivity contribution in [2.24, 2.45) is 0 Å². The minimum Gasteiger partial charge on any atom is -0.497 e. The van der Waals surface area contributed by atoms with E-state index in [0.29, 0.717) is 17.9 Å². The van der Waals surface area contributed by atoms with Crippen LogP contribution in [-0.4, -0.2) is 39.2 Å².